The summed E-state index contributed by atoms with van der Waals surface area (Å²) in [6, 6.07) is -0.0295. The van der Waals surface area contributed by atoms with Crippen molar-refractivity contribution >= 4 is 5.91 Å². The zero-order chi connectivity index (χ0) is 11.3. The Bertz CT molecular complexity index is 213. The van der Waals surface area contributed by atoms with Crippen LogP contribution in [0.1, 0.15) is 39.5 Å². The van der Waals surface area contributed by atoms with Gasteiger partial charge in [-0.25, -0.2) is 0 Å². The lowest BCUT2D eigenvalue weighted by Crippen LogP contribution is -2.52. The van der Waals surface area contributed by atoms with Gasteiger partial charge in [0.1, 0.15) is 0 Å². The van der Waals surface area contributed by atoms with Crippen molar-refractivity contribution in [2.24, 2.45) is 5.73 Å². The highest BCUT2D eigenvalue weighted by Crippen LogP contribution is 2.18. The van der Waals surface area contributed by atoms with E-state index in [0.29, 0.717) is 13.0 Å². The first-order valence-electron chi connectivity index (χ1n) is 5.70. The number of nitrogens with one attached hydrogen (secondary N) is 1. The lowest BCUT2D eigenvalue weighted by molar-refractivity contribution is -0.125. The topological polar surface area (TPSA) is 64.4 Å². The Hall–Kier alpha value is -0.610. The average molecular weight is 214 g/mol. The molecule has 1 fully saturated rings. The van der Waals surface area contributed by atoms with Gasteiger partial charge in [-0.2, -0.15) is 0 Å². The molecule has 1 saturated heterocycles. The molecule has 0 aromatic carbocycles. The van der Waals surface area contributed by atoms with Gasteiger partial charge in [-0.3, -0.25) is 4.79 Å². The van der Waals surface area contributed by atoms with Crippen LogP contribution in [0.15, 0.2) is 0 Å². The van der Waals surface area contributed by atoms with Gasteiger partial charge in [0.15, 0.2) is 0 Å². The Morgan fingerprint density at radius 2 is 2.40 bits per heavy atom. The molecule has 1 heterocycles. The van der Waals surface area contributed by atoms with E-state index in [1.807, 2.05) is 13.8 Å². The van der Waals surface area contributed by atoms with Crippen molar-refractivity contribution in [3.8, 4) is 0 Å². The third-order valence-electron chi connectivity index (χ3n) is 2.85. The first-order valence-corrected chi connectivity index (χ1v) is 5.70. The summed E-state index contributed by atoms with van der Waals surface area (Å²) in [5.74, 6) is 0.0392. The van der Waals surface area contributed by atoms with Crippen LogP contribution in [-0.4, -0.2) is 30.7 Å². The van der Waals surface area contributed by atoms with E-state index in [0.717, 1.165) is 25.9 Å². The summed E-state index contributed by atoms with van der Waals surface area (Å²) in [7, 11) is 0. The second-order valence-corrected chi connectivity index (χ2v) is 4.64. The minimum atomic E-state index is -0.192. The molecular formula is C11H22N2O2. The van der Waals surface area contributed by atoms with Crippen LogP contribution < -0.4 is 11.1 Å². The van der Waals surface area contributed by atoms with Crippen LogP contribution in [0.25, 0.3) is 0 Å². The van der Waals surface area contributed by atoms with Gasteiger partial charge in [-0.15, -0.1) is 0 Å². The zero-order valence-corrected chi connectivity index (χ0v) is 9.71. The van der Waals surface area contributed by atoms with Crippen LogP contribution in [-0.2, 0) is 9.53 Å². The van der Waals surface area contributed by atoms with Gasteiger partial charge in [-0.1, -0.05) is 6.92 Å². The second kappa shape index (κ2) is 5.47. The van der Waals surface area contributed by atoms with Crippen molar-refractivity contribution in [3.63, 3.8) is 0 Å². The molecule has 3 N–H and O–H groups in total. The molecule has 0 aliphatic carbocycles. The van der Waals surface area contributed by atoms with Gasteiger partial charge in [0.2, 0.25) is 5.91 Å². The molecule has 0 bridgehead atoms. The zero-order valence-electron chi connectivity index (χ0n) is 9.71. The molecule has 88 valence electrons. The number of nitrogens with two attached hydrogens (primary N) is 1. The van der Waals surface area contributed by atoms with Gasteiger partial charge < -0.3 is 15.8 Å². The van der Waals surface area contributed by atoms with E-state index in [1.165, 1.54) is 0 Å². The van der Waals surface area contributed by atoms with Crippen molar-refractivity contribution < 1.29 is 9.53 Å². The normalized spacial score (nSPS) is 28.5. The smallest absolute Gasteiger partial charge is 0.222 e. The molecule has 1 amide bonds. The van der Waals surface area contributed by atoms with Crippen molar-refractivity contribution in [1.29, 1.82) is 0 Å². The molecule has 15 heavy (non-hydrogen) atoms. The highest BCUT2D eigenvalue weighted by Gasteiger charge is 2.29. The van der Waals surface area contributed by atoms with E-state index in [-0.39, 0.29) is 17.5 Å². The average Bonchev–Trinajstić information content (AvgIpc) is 2.17. The predicted molar refractivity (Wildman–Crippen MR) is 59.5 cm³/mol. The van der Waals surface area contributed by atoms with Gasteiger partial charge >= 0.3 is 0 Å². The standard InChI is InChI=1S/C11H22N2O2/c1-3-9(12)7-10(14)13-11(2)5-4-6-15-8-11/h9H,3-8,12H2,1-2H3,(H,13,14). The molecule has 2 unspecified atom stereocenters. The van der Waals surface area contributed by atoms with Gasteiger partial charge in [0.25, 0.3) is 0 Å². The Kier molecular flexibility index (Phi) is 4.54. The highest BCUT2D eigenvalue weighted by molar-refractivity contribution is 5.77. The third kappa shape index (κ3) is 4.18. The summed E-state index contributed by atoms with van der Waals surface area (Å²) in [5, 5.41) is 3.02. The number of ether oxygens (including phenoxy) is 1. The summed E-state index contributed by atoms with van der Waals surface area (Å²) in [5.41, 5.74) is 5.54. The molecule has 1 rings (SSSR count). The SMILES string of the molecule is CCC(N)CC(=O)NC1(C)CCCOC1. The van der Waals surface area contributed by atoms with E-state index in [9.17, 15) is 4.79 Å². The molecule has 0 saturated carbocycles. The molecule has 0 aromatic rings. The summed E-state index contributed by atoms with van der Waals surface area (Å²) in [6.07, 6.45) is 3.24. The molecule has 0 radical (unpaired) electrons. The predicted octanol–water partition coefficient (Wildman–Crippen LogP) is 0.799. The Balaban J connectivity index is 2.35. The maximum absolute atomic E-state index is 11.6. The van der Waals surface area contributed by atoms with E-state index in [4.69, 9.17) is 10.5 Å². The van der Waals surface area contributed by atoms with Crippen molar-refractivity contribution in [2.45, 2.75) is 51.1 Å². The van der Waals surface area contributed by atoms with Crippen molar-refractivity contribution in [1.82, 2.24) is 5.32 Å². The molecule has 4 nitrogen and oxygen atoms in total. The van der Waals surface area contributed by atoms with Crippen LogP contribution in [0.3, 0.4) is 0 Å². The van der Waals surface area contributed by atoms with Crippen molar-refractivity contribution in [3.05, 3.63) is 0 Å². The maximum Gasteiger partial charge on any atom is 0.222 e. The van der Waals surface area contributed by atoms with E-state index >= 15 is 0 Å². The summed E-state index contributed by atoms with van der Waals surface area (Å²) < 4.78 is 5.37. The number of carbonyl (C=O) groups is 1. The quantitative estimate of drug-likeness (QED) is 0.727. The Morgan fingerprint density at radius 3 is 2.93 bits per heavy atom. The Morgan fingerprint density at radius 1 is 1.67 bits per heavy atom. The first-order chi connectivity index (χ1) is 7.06. The lowest BCUT2D eigenvalue weighted by atomic mass is 9.94. The molecule has 0 spiro atoms. The minimum Gasteiger partial charge on any atom is -0.379 e. The summed E-state index contributed by atoms with van der Waals surface area (Å²) in [6.45, 7) is 5.44. The second-order valence-electron chi connectivity index (χ2n) is 4.64. The van der Waals surface area contributed by atoms with Gasteiger partial charge in [0.05, 0.1) is 12.1 Å². The number of hydrogen-bond acceptors (Lipinski definition) is 3. The highest BCUT2D eigenvalue weighted by atomic mass is 16.5. The molecule has 0 aromatic heterocycles. The van der Waals surface area contributed by atoms with Crippen LogP contribution in [0, 0.1) is 0 Å². The van der Waals surface area contributed by atoms with Crippen molar-refractivity contribution in [2.75, 3.05) is 13.2 Å². The van der Waals surface area contributed by atoms with Gasteiger partial charge in [0, 0.05) is 19.1 Å². The third-order valence-corrected chi connectivity index (χ3v) is 2.85. The number of carbonyl (C=O) groups excluding carboxylic acids is 1. The number of hydrogen-bond donors (Lipinski definition) is 2. The summed E-state index contributed by atoms with van der Waals surface area (Å²) in [4.78, 5) is 11.6. The number of amides is 1. The Labute approximate surface area is 91.5 Å². The fourth-order valence-corrected chi connectivity index (χ4v) is 1.80. The monoisotopic (exact) mass is 214 g/mol. The lowest BCUT2D eigenvalue weighted by Gasteiger charge is -2.34. The van der Waals surface area contributed by atoms with Crippen LogP contribution in [0.2, 0.25) is 0 Å². The fourth-order valence-electron chi connectivity index (χ4n) is 1.80. The molecular weight excluding hydrogens is 192 g/mol. The molecule has 4 heteroatoms. The fraction of sp³-hybridized carbons (Fsp3) is 0.909. The largest absolute Gasteiger partial charge is 0.379 e. The summed E-state index contributed by atoms with van der Waals surface area (Å²) >= 11 is 0. The maximum atomic E-state index is 11.6. The first kappa shape index (κ1) is 12.5. The molecule has 1 aliphatic rings. The van der Waals surface area contributed by atoms with Crippen LogP contribution >= 0.6 is 0 Å². The van der Waals surface area contributed by atoms with Crippen LogP contribution in [0.5, 0.6) is 0 Å². The van der Waals surface area contributed by atoms with Gasteiger partial charge in [-0.05, 0) is 26.2 Å². The van der Waals surface area contributed by atoms with Crippen LogP contribution in [0.4, 0.5) is 0 Å². The van der Waals surface area contributed by atoms with E-state index in [2.05, 4.69) is 5.32 Å². The molecule has 2 atom stereocenters. The van der Waals surface area contributed by atoms with E-state index < -0.39 is 0 Å². The number of rotatable bonds is 4. The van der Waals surface area contributed by atoms with E-state index in [1.54, 1.807) is 0 Å². The minimum absolute atomic E-state index is 0.0295. The molecule has 1 aliphatic heterocycles.